The van der Waals surface area contributed by atoms with E-state index in [-0.39, 0.29) is 6.03 Å². The molecular weight excluding hydrogens is 212 g/mol. The molecule has 0 aromatic rings. The Morgan fingerprint density at radius 3 is 1.94 bits per heavy atom. The van der Waals surface area contributed by atoms with Gasteiger partial charge in [-0.25, -0.2) is 4.79 Å². The van der Waals surface area contributed by atoms with E-state index in [4.69, 9.17) is 0 Å². The Morgan fingerprint density at radius 1 is 1.00 bits per heavy atom. The summed E-state index contributed by atoms with van der Waals surface area (Å²) in [5.41, 5.74) is 1.19. The van der Waals surface area contributed by atoms with Crippen LogP contribution in [-0.2, 0) is 0 Å². The number of amides is 2. The Balaban J connectivity index is 4.53. The maximum atomic E-state index is 11.6. The highest BCUT2D eigenvalue weighted by atomic mass is 16.2. The number of carbonyl (C=O) groups is 1. The number of allylic oxidation sites excluding steroid dienone is 7. The molecule has 0 aromatic carbocycles. The van der Waals surface area contributed by atoms with Crippen molar-refractivity contribution in [2.75, 3.05) is 0 Å². The van der Waals surface area contributed by atoms with Gasteiger partial charge in [-0.05, 0) is 31.2 Å². The summed E-state index contributed by atoms with van der Waals surface area (Å²) in [6, 6.07) is -0.353. The number of hydrogen-bond donors (Lipinski definition) is 2. The molecule has 90 valence electrons. The third kappa shape index (κ3) is 6.73. The van der Waals surface area contributed by atoms with Crippen LogP contribution < -0.4 is 10.6 Å². The maximum absolute atomic E-state index is 11.6. The highest BCUT2D eigenvalue weighted by molar-refractivity contribution is 5.78. The van der Waals surface area contributed by atoms with E-state index in [2.05, 4.69) is 30.4 Å². The summed E-state index contributed by atoms with van der Waals surface area (Å²) >= 11 is 0. The largest absolute Gasteiger partial charge is 0.323 e. The van der Waals surface area contributed by atoms with Crippen LogP contribution in [-0.4, -0.2) is 6.03 Å². The molecule has 2 amide bonds. The number of urea groups is 1. The van der Waals surface area contributed by atoms with E-state index in [0.717, 1.165) is 0 Å². The lowest BCUT2D eigenvalue weighted by Crippen LogP contribution is -2.33. The molecule has 0 unspecified atom stereocenters. The third-order valence-electron chi connectivity index (χ3n) is 1.72. The van der Waals surface area contributed by atoms with Crippen LogP contribution >= 0.6 is 0 Å². The first-order valence-electron chi connectivity index (χ1n) is 5.16. The molecule has 0 saturated heterocycles. The summed E-state index contributed by atoms with van der Waals surface area (Å²) in [5.74, 6) is 0. The molecular formula is C14H18N2O. The molecule has 0 aliphatic heterocycles. The number of rotatable bonds is 6. The molecule has 3 nitrogen and oxygen atoms in total. The minimum atomic E-state index is -0.353. The molecule has 3 heteroatoms. The average Bonchev–Trinajstić information content (AvgIpc) is 2.33. The van der Waals surface area contributed by atoms with Gasteiger partial charge in [0.25, 0.3) is 0 Å². The van der Waals surface area contributed by atoms with Gasteiger partial charge in [-0.3, -0.25) is 0 Å². The minimum Gasteiger partial charge on any atom is -0.308 e. The standard InChI is InChI=1S/C14H18N2O/c1-5-9-11-13(8-4)16-14(17)15-12(7-3)10-6-2/h5-11H,2-4H2,1H3,(H2,15,16,17)/b9-5-,12-10+,13-11+. The fraction of sp³-hybridized carbons (Fsp3) is 0.0714. The normalized spacial score (nSPS) is 12.1. The molecule has 0 aliphatic carbocycles. The zero-order chi connectivity index (χ0) is 13.1. The molecule has 0 aliphatic rings. The van der Waals surface area contributed by atoms with Gasteiger partial charge < -0.3 is 10.6 Å². The fourth-order valence-corrected chi connectivity index (χ4v) is 0.942. The lowest BCUT2D eigenvalue weighted by molar-refractivity contribution is 0.246. The molecule has 0 aromatic heterocycles. The van der Waals surface area contributed by atoms with E-state index in [1.165, 1.54) is 6.08 Å². The minimum absolute atomic E-state index is 0.353. The van der Waals surface area contributed by atoms with Gasteiger partial charge in [-0.1, -0.05) is 38.0 Å². The average molecular weight is 230 g/mol. The van der Waals surface area contributed by atoms with Crippen LogP contribution in [0.15, 0.2) is 73.7 Å². The van der Waals surface area contributed by atoms with Crippen molar-refractivity contribution >= 4 is 6.03 Å². The summed E-state index contributed by atoms with van der Waals surface area (Å²) in [5, 5.41) is 5.26. The molecule has 0 bridgehead atoms. The molecule has 0 atom stereocenters. The van der Waals surface area contributed by atoms with E-state index in [9.17, 15) is 4.79 Å². The highest BCUT2D eigenvalue weighted by Gasteiger charge is 2.01. The highest BCUT2D eigenvalue weighted by Crippen LogP contribution is 1.94. The van der Waals surface area contributed by atoms with E-state index in [1.54, 1.807) is 24.3 Å². The lowest BCUT2D eigenvalue weighted by Gasteiger charge is -2.07. The van der Waals surface area contributed by atoms with Crippen LogP contribution in [0.4, 0.5) is 4.79 Å². The van der Waals surface area contributed by atoms with Crippen LogP contribution in [0.1, 0.15) is 6.92 Å². The van der Waals surface area contributed by atoms with Gasteiger partial charge in [0.15, 0.2) is 0 Å². The fourth-order valence-electron chi connectivity index (χ4n) is 0.942. The van der Waals surface area contributed by atoms with Gasteiger partial charge in [0, 0.05) is 11.4 Å². The van der Waals surface area contributed by atoms with Crippen molar-refractivity contribution in [1.29, 1.82) is 0 Å². The second-order valence-corrected chi connectivity index (χ2v) is 2.99. The van der Waals surface area contributed by atoms with Crippen LogP contribution in [0.3, 0.4) is 0 Å². The predicted molar refractivity (Wildman–Crippen MR) is 73.2 cm³/mol. The first-order valence-corrected chi connectivity index (χ1v) is 5.16. The van der Waals surface area contributed by atoms with E-state index >= 15 is 0 Å². The second kappa shape index (κ2) is 8.97. The zero-order valence-electron chi connectivity index (χ0n) is 10.1. The van der Waals surface area contributed by atoms with E-state index in [0.29, 0.717) is 11.4 Å². The van der Waals surface area contributed by atoms with Crippen molar-refractivity contribution in [3.05, 3.63) is 73.7 Å². The SMILES string of the molecule is C=C/C=C(\C=C)NC(=O)N/C(C=C)=C/C=C\C. The van der Waals surface area contributed by atoms with Crippen molar-refractivity contribution in [2.24, 2.45) is 0 Å². The summed E-state index contributed by atoms with van der Waals surface area (Å²) in [7, 11) is 0. The van der Waals surface area contributed by atoms with Gasteiger partial charge in [0.1, 0.15) is 0 Å². The van der Waals surface area contributed by atoms with Gasteiger partial charge >= 0.3 is 6.03 Å². The lowest BCUT2D eigenvalue weighted by atomic mass is 10.3. The summed E-state index contributed by atoms with van der Waals surface area (Å²) < 4.78 is 0. The van der Waals surface area contributed by atoms with Crippen molar-refractivity contribution < 1.29 is 4.79 Å². The van der Waals surface area contributed by atoms with Crippen molar-refractivity contribution in [3.63, 3.8) is 0 Å². The molecule has 0 heterocycles. The van der Waals surface area contributed by atoms with Crippen molar-refractivity contribution in [3.8, 4) is 0 Å². The van der Waals surface area contributed by atoms with E-state index < -0.39 is 0 Å². The van der Waals surface area contributed by atoms with Gasteiger partial charge in [-0.2, -0.15) is 0 Å². The molecule has 0 rings (SSSR count). The Morgan fingerprint density at radius 2 is 1.53 bits per heavy atom. The van der Waals surface area contributed by atoms with Crippen LogP contribution in [0, 0.1) is 0 Å². The molecule has 0 fully saturated rings. The molecule has 0 saturated carbocycles. The first kappa shape index (κ1) is 14.7. The number of carbonyl (C=O) groups excluding carboxylic acids is 1. The summed E-state index contributed by atoms with van der Waals surface area (Å²) in [4.78, 5) is 11.6. The van der Waals surface area contributed by atoms with Crippen molar-refractivity contribution in [2.45, 2.75) is 6.92 Å². The van der Waals surface area contributed by atoms with Gasteiger partial charge in [-0.15, -0.1) is 0 Å². The Kier molecular flexibility index (Phi) is 7.76. The predicted octanol–water partition coefficient (Wildman–Crippen LogP) is 3.19. The van der Waals surface area contributed by atoms with Gasteiger partial charge in [0.05, 0.1) is 0 Å². The summed E-state index contributed by atoms with van der Waals surface area (Å²) in [6.45, 7) is 12.6. The Bertz CT molecular complexity index is 387. The first-order chi connectivity index (χ1) is 8.17. The molecule has 17 heavy (non-hydrogen) atoms. The molecule has 0 radical (unpaired) electrons. The quantitative estimate of drug-likeness (QED) is 0.676. The van der Waals surface area contributed by atoms with Crippen molar-refractivity contribution in [1.82, 2.24) is 10.6 Å². The number of nitrogens with one attached hydrogen (secondary N) is 2. The topological polar surface area (TPSA) is 41.1 Å². The molecule has 0 spiro atoms. The van der Waals surface area contributed by atoms with Crippen LogP contribution in [0.5, 0.6) is 0 Å². The number of hydrogen-bond acceptors (Lipinski definition) is 1. The van der Waals surface area contributed by atoms with Gasteiger partial charge in [0.2, 0.25) is 0 Å². The Hall–Kier alpha value is -2.29. The maximum Gasteiger partial charge on any atom is 0.323 e. The van der Waals surface area contributed by atoms with Crippen LogP contribution in [0.2, 0.25) is 0 Å². The summed E-state index contributed by atoms with van der Waals surface area (Å²) in [6.07, 6.45) is 11.7. The monoisotopic (exact) mass is 230 g/mol. The smallest absolute Gasteiger partial charge is 0.308 e. The Labute approximate surface area is 103 Å². The van der Waals surface area contributed by atoms with Crippen LogP contribution in [0.25, 0.3) is 0 Å². The zero-order valence-corrected chi connectivity index (χ0v) is 10.1. The van der Waals surface area contributed by atoms with E-state index in [1.807, 2.05) is 19.1 Å². The third-order valence-corrected chi connectivity index (χ3v) is 1.72. The molecule has 2 N–H and O–H groups in total. The second-order valence-electron chi connectivity index (χ2n) is 2.99.